The highest BCUT2D eigenvalue weighted by Gasteiger charge is 2.22. The summed E-state index contributed by atoms with van der Waals surface area (Å²) in [6.45, 7) is 8.47. The van der Waals surface area contributed by atoms with E-state index in [0.717, 1.165) is 32.1 Å². The first-order chi connectivity index (χ1) is 13.2. The van der Waals surface area contributed by atoms with Gasteiger partial charge in [0, 0.05) is 38.9 Å². The minimum absolute atomic E-state index is 0.448. The average molecular weight is 365 g/mol. The van der Waals surface area contributed by atoms with E-state index in [0.29, 0.717) is 11.8 Å². The molecule has 0 aliphatic carbocycles. The van der Waals surface area contributed by atoms with Crippen LogP contribution in [0.2, 0.25) is 0 Å². The molecule has 27 heavy (non-hydrogen) atoms. The number of rotatable bonds is 6. The monoisotopic (exact) mass is 364 g/mol. The number of aliphatic imine (C=N–C) groups is 1. The van der Waals surface area contributed by atoms with Crippen LogP contribution in [0.25, 0.3) is 0 Å². The van der Waals surface area contributed by atoms with Crippen LogP contribution in [0, 0.1) is 12.8 Å². The van der Waals surface area contributed by atoms with Gasteiger partial charge in [-0.1, -0.05) is 55.0 Å². The van der Waals surface area contributed by atoms with E-state index in [1.165, 1.54) is 23.2 Å². The van der Waals surface area contributed by atoms with E-state index in [2.05, 4.69) is 89.0 Å². The molecule has 1 aliphatic heterocycles. The van der Waals surface area contributed by atoms with Crippen LogP contribution < -0.4 is 15.5 Å². The van der Waals surface area contributed by atoms with E-state index >= 15 is 0 Å². The predicted octanol–water partition coefficient (Wildman–Crippen LogP) is 3.79. The second-order valence-corrected chi connectivity index (χ2v) is 7.59. The van der Waals surface area contributed by atoms with Gasteiger partial charge in [-0.3, -0.25) is 4.99 Å². The summed E-state index contributed by atoms with van der Waals surface area (Å²) in [5.41, 5.74) is 4.01. The van der Waals surface area contributed by atoms with Crippen molar-refractivity contribution >= 4 is 11.6 Å². The van der Waals surface area contributed by atoms with Gasteiger partial charge in [-0.2, -0.15) is 0 Å². The van der Waals surface area contributed by atoms with Crippen LogP contribution in [0.1, 0.15) is 30.4 Å². The third-order valence-corrected chi connectivity index (χ3v) is 5.38. The fraction of sp³-hybridized carbons (Fsp3) is 0.435. The van der Waals surface area contributed by atoms with Gasteiger partial charge < -0.3 is 15.5 Å². The Balaban J connectivity index is 1.43. The lowest BCUT2D eigenvalue weighted by Crippen LogP contribution is -2.41. The summed E-state index contributed by atoms with van der Waals surface area (Å²) in [7, 11) is 1.84. The molecule has 1 aliphatic rings. The van der Waals surface area contributed by atoms with Crippen molar-refractivity contribution in [1.82, 2.24) is 10.6 Å². The van der Waals surface area contributed by atoms with Gasteiger partial charge in [-0.15, -0.1) is 0 Å². The van der Waals surface area contributed by atoms with E-state index in [4.69, 9.17) is 0 Å². The fourth-order valence-corrected chi connectivity index (χ4v) is 3.68. The lowest BCUT2D eigenvalue weighted by atomic mass is 9.99. The first kappa shape index (κ1) is 19.3. The molecule has 2 aromatic rings. The molecule has 0 bridgehead atoms. The van der Waals surface area contributed by atoms with Crippen LogP contribution >= 0.6 is 0 Å². The Morgan fingerprint density at radius 3 is 2.70 bits per heavy atom. The zero-order chi connectivity index (χ0) is 19.1. The molecule has 4 nitrogen and oxygen atoms in total. The summed E-state index contributed by atoms with van der Waals surface area (Å²) >= 11 is 0. The Hall–Kier alpha value is -2.49. The summed E-state index contributed by atoms with van der Waals surface area (Å²) in [6.07, 6.45) is 1.22. The van der Waals surface area contributed by atoms with Gasteiger partial charge in [0.05, 0.1) is 0 Å². The normalized spacial score (nSPS) is 18.4. The molecular formula is C23H32N4. The van der Waals surface area contributed by atoms with Crippen molar-refractivity contribution in [2.75, 3.05) is 38.1 Å². The number of hydrogen-bond donors (Lipinski definition) is 2. The molecule has 144 valence electrons. The highest BCUT2D eigenvalue weighted by atomic mass is 15.2. The molecule has 2 atom stereocenters. The summed E-state index contributed by atoms with van der Waals surface area (Å²) in [6, 6.07) is 19.4. The van der Waals surface area contributed by atoms with Gasteiger partial charge in [0.15, 0.2) is 5.96 Å². The van der Waals surface area contributed by atoms with Gasteiger partial charge >= 0.3 is 0 Å². The molecule has 0 spiro atoms. The quantitative estimate of drug-likeness (QED) is 0.605. The highest BCUT2D eigenvalue weighted by Crippen LogP contribution is 2.23. The largest absolute Gasteiger partial charge is 0.371 e. The second kappa shape index (κ2) is 9.45. The molecule has 1 fully saturated rings. The summed E-state index contributed by atoms with van der Waals surface area (Å²) in [4.78, 5) is 6.86. The van der Waals surface area contributed by atoms with E-state index in [-0.39, 0.29) is 0 Å². The van der Waals surface area contributed by atoms with Crippen molar-refractivity contribution in [1.29, 1.82) is 0 Å². The van der Waals surface area contributed by atoms with E-state index in [9.17, 15) is 0 Å². The van der Waals surface area contributed by atoms with E-state index in [1.807, 2.05) is 7.05 Å². The lowest BCUT2D eigenvalue weighted by Gasteiger charge is -2.20. The molecule has 0 radical (unpaired) electrons. The van der Waals surface area contributed by atoms with E-state index < -0.39 is 0 Å². The Morgan fingerprint density at radius 1 is 1.15 bits per heavy atom. The van der Waals surface area contributed by atoms with Crippen molar-refractivity contribution in [2.45, 2.75) is 26.2 Å². The molecule has 0 aromatic heterocycles. The minimum Gasteiger partial charge on any atom is -0.371 e. The van der Waals surface area contributed by atoms with Crippen LogP contribution in [-0.4, -0.2) is 39.2 Å². The van der Waals surface area contributed by atoms with Gasteiger partial charge in [0.1, 0.15) is 0 Å². The first-order valence-electron chi connectivity index (χ1n) is 9.97. The van der Waals surface area contributed by atoms with Crippen molar-refractivity contribution in [2.24, 2.45) is 10.9 Å². The molecular weight excluding hydrogens is 332 g/mol. The number of hydrogen-bond acceptors (Lipinski definition) is 2. The number of guanidine groups is 1. The number of aryl methyl sites for hydroxylation is 1. The van der Waals surface area contributed by atoms with Crippen LogP contribution in [0.3, 0.4) is 0 Å². The molecule has 1 saturated heterocycles. The van der Waals surface area contributed by atoms with E-state index in [1.54, 1.807) is 0 Å². The predicted molar refractivity (Wildman–Crippen MR) is 116 cm³/mol. The topological polar surface area (TPSA) is 39.7 Å². The molecule has 0 amide bonds. The third kappa shape index (κ3) is 5.49. The highest BCUT2D eigenvalue weighted by molar-refractivity contribution is 5.79. The van der Waals surface area contributed by atoms with Crippen LogP contribution in [-0.2, 0) is 0 Å². The number of para-hydroxylation sites is 1. The smallest absolute Gasteiger partial charge is 0.191 e. The zero-order valence-electron chi connectivity index (χ0n) is 16.8. The number of benzene rings is 2. The second-order valence-electron chi connectivity index (χ2n) is 7.59. The van der Waals surface area contributed by atoms with Gasteiger partial charge in [-0.25, -0.2) is 0 Å². The van der Waals surface area contributed by atoms with Crippen LogP contribution in [0.15, 0.2) is 59.6 Å². The molecule has 1 heterocycles. The SMILES string of the molecule is CN=C(NCC1CCN(c2ccccc2)C1)NCC(C)c1cccc(C)c1. The van der Waals surface area contributed by atoms with Crippen LogP contribution in [0.5, 0.6) is 0 Å². The summed E-state index contributed by atoms with van der Waals surface area (Å²) < 4.78 is 0. The number of nitrogens with one attached hydrogen (secondary N) is 2. The molecule has 2 unspecified atom stereocenters. The third-order valence-electron chi connectivity index (χ3n) is 5.38. The molecule has 0 saturated carbocycles. The van der Waals surface area contributed by atoms with Crippen molar-refractivity contribution in [3.05, 3.63) is 65.7 Å². The first-order valence-corrected chi connectivity index (χ1v) is 9.97. The maximum absolute atomic E-state index is 4.39. The lowest BCUT2D eigenvalue weighted by molar-refractivity contribution is 0.563. The Kier molecular flexibility index (Phi) is 6.74. The van der Waals surface area contributed by atoms with Crippen LogP contribution in [0.4, 0.5) is 5.69 Å². The summed E-state index contributed by atoms with van der Waals surface area (Å²) in [5.74, 6) is 1.99. The molecule has 4 heteroatoms. The Morgan fingerprint density at radius 2 is 1.96 bits per heavy atom. The summed E-state index contributed by atoms with van der Waals surface area (Å²) in [5, 5.41) is 6.99. The average Bonchev–Trinajstić information content (AvgIpc) is 3.17. The van der Waals surface area contributed by atoms with Gasteiger partial charge in [0.25, 0.3) is 0 Å². The van der Waals surface area contributed by atoms with Gasteiger partial charge in [-0.05, 0) is 42.9 Å². The Bertz CT molecular complexity index is 741. The standard InChI is InChI=1S/C23H32N4/c1-18-8-7-9-21(14-18)19(2)15-25-23(24-3)26-16-20-12-13-27(17-20)22-10-5-4-6-11-22/h4-11,14,19-20H,12-13,15-17H2,1-3H3,(H2,24,25,26). The van der Waals surface area contributed by atoms with Gasteiger partial charge in [0.2, 0.25) is 0 Å². The fourth-order valence-electron chi connectivity index (χ4n) is 3.68. The zero-order valence-corrected chi connectivity index (χ0v) is 16.8. The Labute approximate surface area is 163 Å². The molecule has 2 N–H and O–H groups in total. The minimum atomic E-state index is 0.448. The van der Waals surface area contributed by atoms with Crippen molar-refractivity contribution in [3.8, 4) is 0 Å². The van der Waals surface area contributed by atoms with Crippen molar-refractivity contribution in [3.63, 3.8) is 0 Å². The number of anilines is 1. The maximum atomic E-state index is 4.39. The molecule has 2 aromatic carbocycles. The van der Waals surface area contributed by atoms with Crippen molar-refractivity contribution < 1.29 is 0 Å². The number of nitrogens with zero attached hydrogens (tertiary/aromatic N) is 2. The maximum Gasteiger partial charge on any atom is 0.191 e. The molecule has 3 rings (SSSR count).